The number of halogens is 2. The Labute approximate surface area is 119 Å². The lowest BCUT2D eigenvalue weighted by atomic mass is 10.2. The van der Waals surface area contributed by atoms with Crippen LogP contribution in [-0.2, 0) is 10.0 Å². The first-order valence-corrected chi connectivity index (χ1v) is 7.10. The van der Waals surface area contributed by atoms with Crippen LogP contribution in [0.4, 0.5) is 20.2 Å². The summed E-state index contributed by atoms with van der Waals surface area (Å²) in [6, 6.07) is 9.00. The summed E-state index contributed by atoms with van der Waals surface area (Å²) in [4.78, 5) is -0.774. The van der Waals surface area contributed by atoms with Crippen molar-refractivity contribution < 1.29 is 17.2 Å². The van der Waals surface area contributed by atoms with Crippen molar-refractivity contribution in [3.63, 3.8) is 0 Å². The molecule has 0 aromatic heterocycles. The maximum atomic E-state index is 13.8. The molecule has 0 heterocycles. The molecule has 0 radical (unpaired) electrons. The van der Waals surface area contributed by atoms with Gasteiger partial charge in [-0.25, -0.2) is 17.2 Å². The minimum atomic E-state index is -4.29. The third-order valence-electron chi connectivity index (χ3n) is 2.62. The van der Waals surface area contributed by atoms with Gasteiger partial charge in [-0.05, 0) is 30.3 Å². The summed E-state index contributed by atoms with van der Waals surface area (Å²) in [6.45, 7) is 0. The van der Waals surface area contributed by atoms with Crippen molar-refractivity contribution in [1.29, 1.82) is 5.26 Å². The van der Waals surface area contributed by atoms with E-state index in [1.807, 2.05) is 6.07 Å². The summed E-state index contributed by atoms with van der Waals surface area (Å²) in [7, 11) is -4.29. The van der Waals surface area contributed by atoms with Crippen molar-refractivity contribution in [1.82, 2.24) is 0 Å². The number of rotatable bonds is 3. The van der Waals surface area contributed by atoms with Gasteiger partial charge in [-0.15, -0.1) is 0 Å². The van der Waals surface area contributed by atoms with Gasteiger partial charge in [0, 0.05) is 0 Å². The van der Waals surface area contributed by atoms with Crippen LogP contribution >= 0.6 is 0 Å². The highest BCUT2D eigenvalue weighted by Crippen LogP contribution is 2.24. The number of nitrogens with two attached hydrogens (primary N) is 1. The molecule has 5 nitrogen and oxygen atoms in total. The second-order valence-electron chi connectivity index (χ2n) is 4.07. The SMILES string of the molecule is N#Cc1cccc(NS(=O)(=O)c2ccc(F)c(N)c2F)c1. The van der Waals surface area contributed by atoms with Gasteiger partial charge in [-0.2, -0.15) is 5.26 Å². The maximum Gasteiger partial charge on any atom is 0.264 e. The molecule has 0 aliphatic carbocycles. The van der Waals surface area contributed by atoms with Gasteiger partial charge >= 0.3 is 0 Å². The topological polar surface area (TPSA) is 96.0 Å². The van der Waals surface area contributed by atoms with Gasteiger partial charge in [-0.1, -0.05) is 6.07 Å². The lowest BCUT2D eigenvalue weighted by Gasteiger charge is -2.10. The number of hydrogen-bond acceptors (Lipinski definition) is 4. The van der Waals surface area contributed by atoms with Gasteiger partial charge in [0.2, 0.25) is 0 Å². The van der Waals surface area contributed by atoms with Crippen molar-refractivity contribution >= 4 is 21.4 Å². The van der Waals surface area contributed by atoms with E-state index in [1.165, 1.54) is 24.3 Å². The van der Waals surface area contributed by atoms with Crippen molar-refractivity contribution in [2.75, 3.05) is 10.5 Å². The van der Waals surface area contributed by atoms with E-state index in [-0.39, 0.29) is 11.3 Å². The number of nitrogens with zero attached hydrogens (tertiary/aromatic N) is 1. The van der Waals surface area contributed by atoms with Crippen LogP contribution in [0.1, 0.15) is 5.56 Å². The second kappa shape index (κ2) is 5.38. The highest BCUT2D eigenvalue weighted by atomic mass is 32.2. The lowest BCUT2D eigenvalue weighted by molar-refractivity contribution is 0.557. The molecule has 0 fully saturated rings. The van der Waals surface area contributed by atoms with Crippen LogP contribution in [0.2, 0.25) is 0 Å². The third kappa shape index (κ3) is 2.93. The Kier molecular flexibility index (Phi) is 3.78. The van der Waals surface area contributed by atoms with E-state index in [1.54, 1.807) is 0 Å². The summed E-state index contributed by atoms with van der Waals surface area (Å²) in [5, 5.41) is 8.74. The van der Waals surface area contributed by atoms with E-state index < -0.39 is 32.2 Å². The number of hydrogen-bond donors (Lipinski definition) is 2. The predicted molar refractivity (Wildman–Crippen MR) is 72.7 cm³/mol. The molecule has 0 unspecified atom stereocenters. The summed E-state index contributed by atoms with van der Waals surface area (Å²) < 4.78 is 53.1. The number of nitriles is 1. The average Bonchev–Trinajstić information content (AvgIpc) is 2.44. The monoisotopic (exact) mass is 309 g/mol. The fraction of sp³-hybridized carbons (Fsp3) is 0. The van der Waals surface area contributed by atoms with Gasteiger partial charge in [0.25, 0.3) is 10.0 Å². The molecule has 3 N–H and O–H groups in total. The van der Waals surface area contributed by atoms with Gasteiger partial charge in [0.05, 0.1) is 17.3 Å². The Balaban J connectivity index is 2.44. The fourth-order valence-electron chi connectivity index (χ4n) is 1.62. The Morgan fingerprint density at radius 3 is 2.57 bits per heavy atom. The quantitative estimate of drug-likeness (QED) is 0.850. The summed E-state index contributed by atoms with van der Waals surface area (Å²) in [5.41, 5.74) is 4.57. The molecule has 0 spiro atoms. The summed E-state index contributed by atoms with van der Waals surface area (Å²) >= 11 is 0. The first-order valence-electron chi connectivity index (χ1n) is 5.61. The van der Waals surface area contributed by atoms with Gasteiger partial charge in [0.15, 0.2) is 5.82 Å². The zero-order valence-electron chi connectivity index (χ0n) is 10.5. The molecule has 2 aromatic rings. The Morgan fingerprint density at radius 2 is 1.90 bits per heavy atom. The Hall–Kier alpha value is -2.66. The smallest absolute Gasteiger partial charge is 0.264 e. The third-order valence-corrected chi connectivity index (χ3v) is 4.02. The molecule has 0 aliphatic heterocycles. The standard InChI is InChI=1S/C13H9F2N3O2S/c14-10-4-5-11(12(15)13(10)17)21(19,20)18-9-3-1-2-8(6-9)7-16/h1-6,18H,17H2. The van der Waals surface area contributed by atoms with Crippen molar-refractivity contribution in [3.05, 3.63) is 53.6 Å². The molecular weight excluding hydrogens is 300 g/mol. The highest BCUT2D eigenvalue weighted by Gasteiger charge is 2.22. The molecule has 2 rings (SSSR count). The average molecular weight is 309 g/mol. The van der Waals surface area contributed by atoms with E-state index in [2.05, 4.69) is 4.72 Å². The number of benzene rings is 2. The fourth-order valence-corrected chi connectivity index (χ4v) is 2.76. The van der Waals surface area contributed by atoms with Crippen LogP contribution in [0.3, 0.4) is 0 Å². The van der Waals surface area contributed by atoms with Crippen molar-refractivity contribution in [3.8, 4) is 6.07 Å². The van der Waals surface area contributed by atoms with E-state index in [0.717, 1.165) is 12.1 Å². The number of sulfonamides is 1. The first-order chi connectivity index (χ1) is 9.85. The van der Waals surface area contributed by atoms with Gasteiger partial charge in [-0.3, -0.25) is 4.72 Å². The summed E-state index contributed by atoms with van der Waals surface area (Å²) in [6.07, 6.45) is 0. The lowest BCUT2D eigenvalue weighted by Crippen LogP contribution is -2.16. The molecule has 0 saturated carbocycles. The highest BCUT2D eigenvalue weighted by molar-refractivity contribution is 7.92. The van der Waals surface area contributed by atoms with E-state index in [4.69, 9.17) is 11.0 Å². The number of anilines is 2. The molecule has 8 heteroatoms. The van der Waals surface area contributed by atoms with Crippen LogP contribution in [-0.4, -0.2) is 8.42 Å². The van der Waals surface area contributed by atoms with Gasteiger partial charge < -0.3 is 5.73 Å². The molecule has 21 heavy (non-hydrogen) atoms. The van der Waals surface area contributed by atoms with Crippen LogP contribution in [0.5, 0.6) is 0 Å². The molecule has 0 aliphatic rings. The number of nitrogens with one attached hydrogen (secondary N) is 1. The van der Waals surface area contributed by atoms with E-state index in [9.17, 15) is 17.2 Å². The zero-order chi connectivity index (χ0) is 15.6. The Bertz CT molecular complexity index is 845. The predicted octanol–water partition coefficient (Wildman–Crippen LogP) is 2.22. The van der Waals surface area contributed by atoms with Crippen molar-refractivity contribution in [2.45, 2.75) is 4.90 Å². The minimum absolute atomic E-state index is 0.0800. The van der Waals surface area contributed by atoms with Crippen LogP contribution in [0.15, 0.2) is 41.3 Å². The number of nitrogen functional groups attached to an aromatic ring is 1. The second-order valence-corrected chi connectivity index (χ2v) is 5.72. The molecule has 0 saturated heterocycles. The molecule has 0 amide bonds. The largest absolute Gasteiger partial charge is 0.394 e. The summed E-state index contributed by atoms with van der Waals surface area (Å²) in [5.74, 6) is -2.41. The molecule has 0 bridgehead atoms. The maximum absolute atomic E-state index is 13.8. The zero-order valence-corrected chi connectivity index (χ0v) is 11.3. The van der Waals surface area contributed by atoms with E-state index in [0.29, 0.717) is 0 Å². The Morgan fingerprint density at radius 1 is 1.19 bits per heavy atom. The molecule has 2 aromatic carbocycles. The van der Waals surface area contributed by atoms with Gasteiger partial charge in [0.1, 0.15) is 16.4 Å². The minimum Gasteiger partial charge on any atom is -0.394 e. The van der Waals surface area contributed by atoms with E-state index >= 15 is 0 Å². The molecular formula is C13H9F2N3O2S. The van der Waals surface area contributed by atoms with Crippen LogP contribution in [0.25, 0.3) is 0 Å². The van der Waals surface area contributed by atoms with Crippen LogP contribution in [0, 0.1) is 23.0 Å². The van der Waals surface area contributed by atoms with Crippen LogP contribution < -0.4 is 10.5 Å². The first kappa shape index (κ1) is 14.7. The normalized spacial score (nSPS) is 10.9. The molecule has 108 valence electrons. The van der Waals surface area contributed by atoms with Crippen molar-refractivity contribution in [2.24, 2.45) is 0 Å². The molecule has 0 atom stereocenters.